The van der Waals surface area contributed by atoms with Gasteiger partial charge in [0.1, 0.15) is 5.75 Å². The fourth-order valence-corrected chi connectivity index (χ4v) is 2.25. The summed E-state index contributed by atoms with van der Waals surface area (Å²) < 4.78 is 0. The molecule has 0 aliphatic rings. The molecule has 0 heterocycles. The van der Waals surface area contributed by atoms with Crippen molar-refractivity contribution in [3.8, 4) is 5.75 Å². The van der Waals surface area contributed by atoms with Gasteiger partial charge in [-0.3, -0.25) is 0 Å². The fourth-order valence-electron chi connectivity index (χ4n) is 1.79. The Morgan fingerprint density at radius 1 is 1.17 bits per heavy atom. The molecular weight excluding hydrogens is 242 g/mol. The predicted octanol–water partition coefficient (Wildman–Crippen LogP) is 4.03. The van der Waals surface area contributed by atoms with Crippen LogP contribution in [-0.2, 0) is 6.54 Å². The lowest BCUT2D eigenvalue weighted by atomic mass is 10.1. The molecule has 2 nitrogen and oxygen atoms in total. The van der Waals surface area contributed by atoms with Crippen LogP contribution >= 0.6 is 11.8 Å². The van der Waals surface area contributed by atoms with E-state index in [0.29, 0.717) is 12.3 Å². The summed E-state index contributed by atoms with van der Waals surface area (Å²) in [6.45, 7) is 2.66. The molecule has 0 aliphatic carbocycles. The smallest absolute Gasteiger partial charge is 0.120 e. The average Bonchev–Trinajstić information content (AvgIpc) is 2.40. The first-order valence-corrected chi connectivity index (χ1v) is 7.08. The molecule has 0 spiro atoms. The van der Waals surface area contributed by atoms with Crippen LogP contribution in [0.5, 0.6) is 5.75 Å². The van der Waals surface area contributed by atoms with E-state index < -0.39 is 0 Å². The summed E-state index contributed by atoms with van der Waals surface area (Å²) in [5, 5.41) is 13.1. The second-order valence-electron chi connectivity index (χ2n) is 4.22. The Labute approximate surface area is 112 Å². The lowest BCUT2D eigenvalue weighted by Crippen LogP contribution is -2.00. The van der Waals surface area contributed by atoms with Crippen LogP contribution in [0.2, 0.25) is 0 Å². The number of nitrogens with one attached hydrogen (secondary N) is 1. The van der Waals surface area contributed by atoms with Crippen molar-refractivity contribution < 1.29 is 5.11 Å². The minimum absolute atomic E-state index is 0.342. The van der Waals surface area contributed by atoms with E-state index in [9.17, 15) is 5.11 Å². The molecule has 0 bridgehead atoms. The van der Waals surface area contributed by atoms with Crippen molar-refractivity contribution in [1.29, 1.82) is 0 Å². The quantitative estimate of drug-likeness (QED) is 0.813. The number of hydrogen-bond donors (Lipinski definition) is 2. The van der Waals surface area contributed by atoms with Gasteiger partial charge in [0.25, 0.3) is 0 Å². The maximum atomic E-state index is 9.77. The molecule has 0 unspecified atom stereocenters. The number of aromatic hydroxyl groups is 1. The number of aryl methyl sites for hydroxylation is 1. The van der Waals surface area contributed by atoms with Crippen LogP contribution in [0.25, 0.3) is 0 Å². The number of hydrogen-bond acceptors (Lipinski definition) is 3. The molecule has 0 aromatic heterocycles. The van der Waals surface area contributed by atoms with Gasteiger partial charge in [-0.1, -0.05) is 23.8 Å². The van der Waals surface area contributed by atoms with Crippen molar-refractivity contribution in [2.75, 3.05) is 11.6 Å². The molecule has 2 N–H and O–H groups in total. The zero-order chi connectivity index (χ0) is 13.0. The van der Waals surface area contributed by atoms with Gasteiger partial charge in [0.2, 0.25) is 0 Å². The zero-order valence-corrected chi connectivity index (χ0v) is 11.4. The van der Waals surface area contributed by atoms with Gasteiger partial charge in [0.05, 0.1) is 0 Å². The molecule has 0 atom stereocenters. The maximum Gasteiger partial charge on any atom is 0.120 e. The fraction of sp³-hybridized carbons (Fsp3) is 0.200. The van der Waals surface area contributed by atoms with Crippen molar-refractivity contribution in [2.24, 2.45) is 0 Å². The van der Waals surface area contributed by atoms with Crippen LogP contribution in [0.3, 0.4) is 0 Å². The number of thioether (sulfide) groups is 1. The molecule has 0 amide bonds. The molecule has 0 saturated carbocycles. The van der Waals surface area contributed by atoms with E-state index in [-0.39, 0.29) is 0 Å². The standard InChI is InChI=1S/C15H17NOS/c1-11-6-7-15(17)12(8-11)10-16-13-4-3-5-14(9-13)18-2/h3-9,16-17H,10H2,1-2H3. The van der Waals surface area contributed by atoms with E-state index in [1.165, 1.54) is 4.90 Å². The summed E-state index contributed by atoms with van der Waals surface area (Å²) in [6, 6.07) is 13.9. The van der Waals surface area contributed by atoms with E-state index in [1.807, 2.05) is 31.2 Å². The van der Waals surface area contributed by atoms with Crippen LogP contribution in [0, 0.1) is 6.92 Å². The summed E-state index contributed by atoms with van der Waals surface area (Å²) in [5.74, 6) is 0.342. The van der Waals surface area contributed by atoms with Gasteiger partial charge in [-0.25, -0.2) is 0 Å². The maximum absolute atomic E-state index is 9.77. The summed E-state index contributed by atoms with van der Waals surface area (Å²) in [5.41, 5.74) is 3.15. The first-order chi connectivity index (χ1) is 8.69. The second-order valence-corrected chi connectivity index (χ2v) is 5.10. The average molecular weight is 259 g/mol. The van der Waals surface area contributed by atoms with Crippen LogP contribution in [0.4, 0.5) is 5.69 Å². The zero-order valence-electron chi connectivity index (χ0n) is 10.6. The van der Waals surface area contributed by atoms with Gasteiger partial charge < -0.3 is 10.4 Å². The van der Waals surface area contributed by atoms with Gasteiger partial charge in [-0.15, -0.1) is 11.8 Å². The lowest BCUT2D eigenvalue weighted by molar-refractivity contribution is 0.469. The molecule has 0 fully saturated rings. The highest BCUT2D eigenvalue weighted by molar-refractivity contribution is 7.98. The molecule has 2 rings (SSSR count). The highest BCUT2D eigenvalue weighted by Gasteiger charge is 2.01. The monoisotopic (exact) mass is 259 g/mol. The number of phenols is 1. The van der Waals surface area contributed by atoms with Crippen molar-refractivity contribution in [1.82, 2.24) is 0 Å². The largest absolute Gasteiger partial charge is 0.508 e. The van der Waals surface area contributed by atoms with Crippen molar-refractivity contribution in [3.63, 3.8) is 0 Å². The molecule has 18 heavy (non-hydrogen) atoms. The van der Waals surface area contributed by atoms with E-state index in [2.05, 4.69) is 23.7 Å². The predicted molar refractivity (Wildman–Crippen MR) is 78.4 cm³/mol. The van der Waals surface area contributed by atoms with Crippen molar-refractivity contribution in [3.05, 3.63) is 53.6 Å². The Kier molecular flexibility index (Phi) is 4.15. The second kappa shape index (κ2) is 5.83. The molecule has 94 valence electrons. The van der Waals surface area contributed by atoms with Crippen LogP contribution in [-0.4, -0.2) is 11.4 Å². The van der Waals surface area contributed by atoms with E-state index >= 15 is 0 Å². The van der Waals surface area contributed by atoms with Crippen LogP contribution < -0.4 is 5.32 Å². The molecule has 0 aliphatic heterocycles. The third-order valence-electron chi connectivity index (χ3n) is 2.79. The molecule has 2 aromatic rings. The number of anilines is 1. The summed E-state index contributed by atoms with van der Waals surface area (Å²) in [6.07, 6.45) is 2.06. The Morgan fingerprint density at radius 3 is 2.78 bits per heavy atom. The third kappa shape index (κ3) is 3.20. The lowest BCUT2D eigenvalue weighted by Gasteiger charge is -2.09. The summed E-state index contributed by atoms with van der Waals surface area (Å²) >= 11 is 1.72. The van der Waals surface area contributed by atoms with E-state index in [4.69, 9.17) is 0 Å². The Balaban J connectivity index is 2.08. The highest BCUT2D eigenvalue weighted by Crippen LogP contribution is 2.22. The van der Waals surface area contributed by atoms with E-state index in [1.54, 1.807) is 17.8 Å². The van der Waals surface area contributed by atoms with Gasteiger partial charge >= 0.3 is 0 Å². The van der Waals surface area contributed by atoms with Crippen molar-refractivity contribution in [2.45, 2.75) is 18.4 Å². The van der Waals surface area contributed by atoms with Crippen LogP contribution in [0.1, 0.15) is 11.1 Å². The summed E-state index contributed by atoms with van der Waals surface area (Å²) in [7, 11) is 0. The SMILES string of the molecule is CSc1cccc(NCc2cc(C)ccc2O)c1. The Hall–Kier alpha value is -1.61. The third-order valence-corrected chi connectivity index (χ3v) is 3.51. The van der Waals surface area contributed by atoms with Gasteiger partial charge in [-0.05, 0) is 37.4 Å². The minimum Gasteiger partial charge on any atom is -0.508 e. The van der Waals surface area contributed by atoms with Crippen LogP contribution in [0.15, 0.2) is 47.4 Å². The highest BCUT2D eigenvalue weighted by atomic mass is 32.2. The first kappa shape index (κ1) is 12.8. The van der Waals surface area contributed by atoms with Gasteiger partial charge in [0, 0.05) is 22.7 Å². The molecule has 0 radical (unpaired) electrons. The number of phenolic OH excluding ortho intramolecular Hbond substituents is 1. The van der Waals surface area contributed by atoms with Gasteiger partial charge in [-0.2, -0.15) is 0 Å². The van der Waals surface area contributed by atoms with Gasteiger partial charge in [0.15, 0.2) is 0 Å². The number of rotatable bonds is 4. The summed E-state index contributed by atoms with van der Waals surface area (Å²) in [4.78, 5) is 1.23. The Morgan fingerprint density at radius 2 is 2.00 bits per heavy atom. The normalized spacial score (nSPS) is 10.3. The minimum atomic E-state index is 0.342. The molecule has 0 saturated heterocycles. The Bertz CT molecular complexity index is 540. The molecular formula is C15H17NOS. The molecule has 2 aromatic carbocycles. The van der Waals surface area contributed by atoms with E-state index in [0.717, 1.165) is 16.8 Å². The first-order valence-electron chi connectivity index (χ1n) is 5.85. The topological polar surface area (TPSA) is 32.3 Å². The molecule has 3 heteroatoms. The number of benzene rings is 2. The van der Waals surface area contributed by atoms with Crippen molar-refractivity contribution >= 4 is 17.4 Å².